The molecule has 40 heavy (non-hydrogen) atoms. The molecule has 0 fully saturated rings. The number of aromatic nitrogens is 1. The molecule has 0 saturated heterocycles. The minimum atomic E-state index is -5.14. The summed E-state index contributed by atoms with van der Waals surface area (Å²) in [6.45, 7) is -3.49. The maximum absolute atomic E-state index is 15.2. The van der Waals surface area contributed by atoms with E-state index in [1.54, 1.807) is 0 Å². The number of pyridine rings is 1. The van der Waals surface area contributed by atoms with Gasteiger partial charge < -0.3 is 35.1 Å². The van der Waals surface area contributed by atoms with Crippen molar-refractivity contribution in [3.8, 4) is 28.7 Å². The van der Waals surface area contributed by atoms with E-state index in [9.17, 15) is 36.6 Å². The molecular weight excluding hydrogens is 554 g/mol. The summed E-state index contributed by atoms with van der Waals surface area (Å²) >= 11 is 0. The van der Waals surface area contributed by atoms with Crippen LogP contribution in [-0.2, 0) is 0 Å². The molecule has 2 amide bonds. The molecule has 1 aromatic heterocycles. The number of nitrogens with one attached hydrogen (secondary N) is 1. The number of carbonyl (C=O) groups excluding carboxylic acids is 2. The van der Waals surface area contributed by atoms with E-state index in [-0.39, 0.29) is 11.4 Å². The molecule has 0 aliphatic rings. The average molecular weight is 567 g/mol. The van der Waals surface area contributed by atoms with Crippen molar-refractivity contribution in [1.82, 2.24) is 4.98 Å². The highest BCUT2D eigenvalue weighted by Gasteiger charge is 2.32. The van der Waals surface area contributed by atoms with Gasteiger partial charge in [0.1, 0.15) is 28.3 Å². The lowest BCUT2D eigenvalue weighted by Crippen LogP contribution is -2.36. The monoisotopic (exact) mass is 567 g/mol. The number of alkyl halides is 5. The maximum Gasteiger partial charge on any atom is 0.573 e. The van der Waals surface area contributed by atoms with Gasteiger partial charge in [0.25, 0.3) is 11.8 Å². The second kappa shape index (κ2) is 11.6. The van der Waals surface area contributed by atoms with Crippen molar-refractivity contribution in [3.05, 3.63) is 65.7 Å². The van der Waals surface area contributed by atoms with Crippen molar-refractivity contribution in [2.75, 3.05) is 5.32 Å². The second-order valence-electron chi connectivity index (χ2n) is 7.49. The van der Waals surface area contributed by atoms with Crippen LogP contribution >= 0.6 is 0 Å². The highest BCUT2D eigenvalue weighted by Crippen LogP contribution is 2.40. The lowest BCUT2D eigenvalue weighted by Gasteiger charge is -2.24. The summed E-state index contributed by atoms with van der Waals surface area (Å²) in [5.74, 6) is -7.85. The number of hydrogen-bond acceptors (Lipinski definition) is 8. The third-order valence-corrected chi connectivity index (χ3v) is 4.43. The van der Waals surface area contributed by atoms with Crippen molar-refractivity contribution >= 4 is 33.2 Å². The molecule has 10 nitrogen and oxygen atoms in total. The first-order chi connectivity index (χ1) is 18.5. The topological polar surface area (TPSA) is 142 Å². The van der Waals surface area contributed by atoms with Crippen molar-refractivity contribution in [2.45, 2.75) is 18.6 Å². The number of carbonyl (C=O) groups is 2. The number of amides is 2. The highest BCUT2D eigenvalue weighted by atomic mass is 19.4. The van der Waals surface area contributed by atoms with Gasteiger partial charge in [0, 0.05) is 6.07 Å². The molecule has 3 aromatic rings. The summed E-state index contributed by atoms with van der Waals surface area (Å²) < 4.78 is 96.7. The van der Waals surface area contributed by atoms with E-state index >= 15 is 4.39 Å². The summed E-state index contributed by atoms with van der Waals surface area (Å²) in [6.07, 6.45) is -4.16. The molecule has 0 saturated carbocycles. The predicted octanol–water partition coefficient (Wildman–Crippen LogP) is 3.18. The molecule has 3 rings (SSSR count). The molecule has 1 heterocycles. The van der Waals surface area contributed by atoms with E-state index in [0.717, 1.165) is 36.5 Å². The maximum atomic E-state index is 15.2. The van der Waals surface area contributed by atoms with E-state index in [1.165, 1.54) is 0 Å². The van der Waals surface area contributed by atoms with Crippen LogP contribution in [0.5, 0.6) is 28.7 Å². The Bertz CT molecular complexity index is 1400. The molecule has 4 N–H and O–H groups in total. The SMILES string of the molecule is [B]C([B])(O)Oc1cc(OC(F)(F)F)ccc1Oc1ccc(OC(F)F)c(F)c1C(=O)Nc1ccc(C(N)=O)nc1. The van der Waals surface area contributed by atoms with E-state index in [4.69, 9.17) is 30.9 Å². The van der Waals surface area contributed by atoms with Crippen LogP contribution in [-0.4, -0.2) is 56.2 Å². The lowest BCUT2D eigenvalue weighted by atomic mass is 9.76. The Hall–Kier alpha value is -4.60. The fraction of sp³-hybridized carbons (Fsp3) is 0.136. The summed E-state index contributed by atoms with van der Waals surface area (Å²) in [5, 5.41) is 11.8. The van der Waals surface area contributed by atoms with Gasteiger partial charge >= 0.3 is 13.0 Å². The molecule has 0 spiro atoms. The molecule has 4 radical (unpaired) electrons. The fourth-order valence-electron chi connectivity index (χ4n) is 2.97. The summed E-state index contributed by atoms with van der Waals surface area (Å²) in [7, 11) is 10.3. The van der Waals surface area contributed by atoms with Gasteiger partial charge in [-0.05, 0) is 36.4 Å². The van der Waals surface area contributed by atoms with E-state index in [2.05, 4.69) is 19.8 Å². The zero-order valence-corrected chi connectivity index (χ0v) is 19.5. The summed E-state index contributed by atoms with van der Waals surface area (Å²) in [4.78, 5) is 27.8. The van der Waals surface area contributed by atoms with Crippen molar-refractivity contribution in [2.24, 2.45) is 5.73 Å². The number of nitrogens with zero attached hydrogens (tertiary/aromatic N) is 1. The second-order valence-corrected chi connectivity index (χ2v) is 7.49. The van der Waals surface area contributed by atoms with Crippen LogP contribution < -0.4 is 30.0 Å². The first-order valence-corrected chi connectivity index (χ1v) is 10.4. The number of primary amides is 1. The van der Waals surface area contributed by atoms with Gasteiger partial charge in [0.05, 0.1) is 11.9 Å². The Kier molecular flexibility index (Phi) is 8.72. The van der Waals surface area contributed by atoms with Crippen LogP contribution in [0.25, 0.3) is 0 Å². The number of hydrogen-bond donors (Lipinski definition) is 3. The third kappa shape index (κ3) is 8.20. The smallest absolute Gasteiger partial charge is 0.478 e. The zero-order chi connectivity index (χ0) is 29.8. The van der Waals surface area contributed by atoms with Crippen LogP contribution in [0.3, 0.4) is 0 Å². The van der Waals surface area contributed by atoms with Crippen LogP contribution in [0.4, 0.5) is 32.0 Å². The van der Waals surface area contributed by atoms with Gasteiger partial charge in [-0.15, -0.1) is 13.2 Å². The predicted molar refractivity (Wildman–Crippen MR) is 124 cm³/mol. The molecule has 2 aromatic carbocycles. The van der Waals surface area contributed by atoms with E-state index in [0.29, 0.717) is 12.1 Å². The minimum absolute atomic E-state index is 0.102. The van der Waals surface area contributed by atoms with Crippen molar-refractivity contribution in [1.29, 1.82) is 0 Å². The third-order valence-electron chi connectivity index (χ3n) is 4.43. The molecule has 0 aliphatic carbocycles. The van der Waals surface area contributed by atoms with Gasteiger partial charge in [-0.2, -0.15) is 8.78 Å². The van der Waals surface area contributed by atoms with Crippen LogP contribution in [0.15, 0.2) is 48.7 Å². The molecule has 0 atom stereocenters. The molecule has 0 bridgehead atoms. The Balaban J connectivity index is 2.05. The van der Waals surface area contributed by atoms with E-state index < -0.39 is 70.5 Å². The number of nitrogens with two attached hydrogens (primary N) is 1. The normalized spacial score (nSPS) is 11.6. The van der Waals surface area contributed by atoms with Crippen LogP contribution in [0.2, 0.25) is 0 Å². The Morgan fingerprint density at radius 2 is 1.62 bits per heavy atom. The Morgan fingerprint density at radius 1 is 0.975 bits per heavy atom. The summed E-state index contributed by atoms with van der Waals surface area (Å²) in [6, 6.07) is 5.82. The number of benzene rings is 2. The van der Waals surface area contributed by atoms with Gasteiger partial charge in [-0.25, -0.2) is 9.37 Å². The Morgan fingerprint density at radius 3 is 2.17 bits per heavy atom. The minimum Gasteiger partial charge on any atom is -0.478 e. The standard InChI is InChI=1S/C22H13B2F6N3O7/c23-21(24,36)40-15-7-10(39-22(28,29)30)2-4-12(15)37-13-5-6-14(38-20(26)27)17(25)16(13)19(35)33-9-1-3-11(18(31)34)32-8-9/h1-8,20,36H,(H2,31,34)(H,33,35). The fourth-order valence-corrected chi connectivity index (χ4v) is 2.97. The molecular formula is C22H13B2F6N3O7. The number of aliphatic hydroxyl groups is 1. The summed E-state index contributed by atoms with van der Waals surface area (Å²) in [5.41, 5.74) is 0.811. The zero-order valence-electron chi connectivity index (χ0n) is 19.5. The molecule has 206 valence electrons. The number of rotatable bonds is 10. The highest BCUT2D eigenvalue weighted by molar-refractivity contribution is 6.37. The number of anilines is 1. The van der Waals surface area contributed by atoms with Crippen molar-refractivity contribution in [3.63, 3.8) is 0 Å². The average Bonchev–Trinajstić information content (AvgIpc) is 2.80. The molecule has 0 unspecified atom stereocenters. The van der Waals surface area contributed by atoms with Gasteiger partial charge in [-0.3, -0.25) is 9.59 Å². The Labute approximate surface area is 222 Å². The van der Waals surface area contributed by atoms with Crippen LogP contribution in [0, 0.1) is 5.82 Å². The van der Waals surface area contributed by atoms with Gasteiger partial charge in [-0.1, -0.05) is 0 Å². The first-order valence-electron chi connectivity index (χ1n) is 10.4. The van der Waals surface area contributed by atoms with E-state index in [1.807, 2.05) is 0 Å². The van der Waals surface area contributed by atoms with Crippen molar-refractivity contribution < 1.29 is 60.0 Å². The number of halogens is 6. The quantitative estimate of drug-likeness (QED) is 0.193. The lowest BCUT2D eigenvalue weighted by molar-refractivity contribution is -0.274. The molecule has 0 aliphatic heterocycles. The van der Waals surface area contributed by atoms with Gasteiger partial charge in [0.15, 0.2) is 38.8 Å². The van der Waals surface area contributed by atoms with Crippen LogP contribution in [0.1, 0.15) is 20.8 Å². The first kappa shape index (κ1) is 29.9. The molecule has 18 heteroatoms. The largest absolute Gasteiger partial charge is 0.573 e. The van der Waals surface area contributed by atoms with Gasteiger partial charge in [0.2, 0.25) is 0 Å². The number of ether oxygens (including phenoxy) is 4.